The molecular weight excluding hydrogens is 347 g/mol. The molecule has 2 aromatic carbocycles. The summed E-state index contributed by atoms with van der Waals surface area (Å²) in [4.78, 5) is 12.1. The lowest BCUT2D eigenvalue weighted by Gasteiger charge is -2.08. The lowest BCUT2D eigenvalue weighted by molar-refractivity contribution is -0.137. The van der Waals surface area contributed by atoms with E-state index >= 15 is 0 Å². The summed E-state index contributed by atoms with van der Waals surface area (Å²) in [6.45, 7) is 0. The number of carbonyl (C=O) groups excluding carboxylic acids is 1. The quantitative estimate of drug-likeness (QED) is 0.619. The third kappa shape index (κ3) is 5.01. The number of hydrogen-bond donors (Lipinski definition) is 2. The Hall–Kier alpha value is -3.47. The Kier molecular flexibility index (Phi) is 5.86. The highest BCUT2D eigenvalue weighted by Crippen LogP contribution is 2.29. The molecule has 0 unspecified atom stereocenters. The van der Waals surface area contributed by atoms with Gasteiger partial charge in [0.1, 0.15) is 17.4 Å². The first kappa shape index (κ1) is 18.9. The molecule has 0 aliphatic heterocycles. The summed E-state index contributed by atoms with van der Waals surface area (Å²) < 4.78 is 42.5. The number of amides is 1. The lowest BCUT2D eigenvalue weighted by atomic mass is 10.2. The Labute approximate surface area is 147 Å². The molecule has 0 bridgehead atoms. The predicted molar refractivity (Wildman–Crippen MR) is 90.4 cm³/mol. The highest BCUT2D eigenvalue weighted by Gasteiger charge is 2.29. The Balaban J connectivity index is 2.04. The summed E-state index contributed by atoms with van der Waals surface area (Å²) in [5.74, 6) is -0.0416. The number of benzene rings is 2. The van der Waals surface area contributed by atoms with Crippen LogP contribution in [0.3, 0.4) is 0 Å². The number of nitrogens with one attached hydrogen (secondary N) is 2. The first-order valence-corrected chi connectivity index (χ1v) is 7.33. The molecule has 2 rings (SSSR count). The average Bonchev–Trinajstić information content (AvgIpc) is 2.62. The standard InChI is InChI=1S/C18H14F3N3O2/c1-26-16-8-6-15(7-9-16)24-17(25)12(10-22)11-23-14-4-2-13(3-5-14)18(19,20)21/h2-9,11,23H,1H3,(H,24,25)/b12-11-. The van der Waals surface area contributed by atoms with Gasteiger partial charge in [0.15, 0.2) is 0 Å². The SMILES string of the molecule is COc1ccc(NC(=O)/C(C#N)=C\Nc2ccc(C(F)(F)F)cc2)cc1. The van der Waals surface area contributed by atoms with E-state index < -0.39 is 17.6 Å². The molecule has 0 heterocycles. The van der Waals surface area contributed by atoms with E-state index in [-0.39, 0.29) is 5.57 Å². The number of halogens is 3. The topological polar surface area (TPSA) is 74.1 Å². The van der Waals surface area contributed by atoms with Crippen molar-refractivity contribution in [3.8, 4) is 11.8 Å². The number of rotatable bonds is 5. The molecule has 2 N–H and O–H groups in total. The number of hydrogen-bond acceptors (Lipinski definition) is 4. The molecule has 8 heteroatoms. The predicted octanol–water partition coefficient (Wildman–Crippen LogP) is 4.17. The second kappa shape index (κ2) is 8.07. The van der Waals surface area contributed by atoms with Gasteiger partial charge in [-0.1, -0.05) is 0 Å². The van der Waals surface area contributed by atoms with Crippen LogP contribution in [0.1, 0.15) is 5.56 Å². The minimum Gasteiger partial charge on any atom is -0.497 e. The highest BCUT2D eigenvalue weighted by molar-refractivity contribution is 6.06. The number of nitriles is 1. The van der Waals surface area contributed by atoms with Crippen molar-refractivity contribution >= 4 is 17.3 Å². The van der Waals surface area contributed by atoms with E-state index in [1.54, 1.807) is 30.3 Å². The molecule has 0 aliphatic rings. The minimum atomic E-state index is -4.43. The van der Waals surface area contributed by atoms with Crippen LogP contribution < -0.4 is 15.4 Å². The number of ether oxygens (including phenoxy) is 1. The van der Waals surface area contributed by atoms with Crippen molar-refractivity contribution < 1.29 is 22.7 Å². The van der Waals surface area contributed by atoms with Crippen molar-refractivity contribution in [3.05, 3.63) is 65.9 Å². The Bertz CT molecular complexity index is 836. The van der Waals surface area contributed by atoms with Gasteiger partial charge in [-0.05, 0) is 48.5 Å². The van der Waals surface area contributed by atoms with Crippen LogP contribution in [0.4, 0.5) is 24.5 Å². The fourth-order valence-corrected chi connectivity index (χ4v) is 1.93. The fourth-order valence-electron chi connectivity index (χ4n) is 1.93. The molecule has 0 aromatic heterocycles. The molecule has 134 valence electrons. The fraction of sp³-hybridized carbons (Fsp3) is 0.111. The normalized spacial score (nSPS) is 11.4. The van der Waals surface area contributed by atoms with Crippen LogP contribution in [0.25, 0.3) is 0 Å². The van der Waals surface area contributed by atoms with E-state index in [2.05, 4.69) is 10.6 Å². The first-order chi connectivity index (χ1) is 12.3. The summed E-state index contributed by atoms with van der Waals surface area (Å²) in [5.41, 5.74) is -0.250. The van der Waals surface area contributed by atoms with Crippen molar-refractivity contribution in [2.45, 2.75) is 6.18 Å². The Morgan fingerprint density at radius 2 is 1.65 bits per heavy atom. The van der Waals surface area contributed by atoms with Crippen LogP contribution in [0.5, 0.6) is 5.75 Å². The Morgan fingerprint density at radius 3 is 2.15 bits per heavy atom. The molecule has 0 fully saturated rings. The zero-order valence-electron chi connectivity index (χ0n) is 13.6. The molecule has 2 aromatic rings. The summed E-state index contributed by atoms with van der Waals surface area (Å²) in [5, 5.41) is 14.3. The highest BCUT2D eigenvalue weighted by atomic mass is 19.4. The minimum absolute atomic E-state index is 0.235. The van der Waals surface area contributed by atoms with E-state index in [1.165, 1.54) is 19.2 Å². The molecule has 0 atom stereocenters. The zero-order valence-corrected chi connectivity index (χ0v) is 13.6. The molecule has 0 spiro atoms. The number of alkyl halides is 3. The second-order valence-corrected chi connectivity index (χ2v) is 5.07. The molecule has 0 radical (unpaired) electrons. The van der Waals surface area contributed by atoms with Crippen LogP contribution in [0.15, 0.2) is 60.3 Å². The summed E-state index contributed by atoms with van der Waals surface area (Å²) in [6, 6.07) is 12.4. The van der Waals surface area contributed by atoms with Gasteiger partial charge in [-0.25, -0.2) is 0 Å². The molecule has 0 aliphatic carbocycles. The second-order valence-electron chi connectivity index (χ2n) is 5.07. The number of anilines is 2. The van der Waals surface area contributed by atoms with Gasteiger partial charge in [0, 0.05) is 17.6 Å². The molecule has 5 nitrogen and oxygen atoms in total. The van der Waals surface area contributed by atoms with E-state index in [0.717, 1.165) is 18.3 Å². The van der Waals surface area contributed by atoms with E-state index in [0.29, 0.717) is 17.1 Å². The average molecular weight is 361 g/mol. The van der Waals surface area contributed by atoms with E-state index in [9.17, 15) is 18.0 Å². The van der Waals surface area contributed by atoms with Gasteiger partial charge in [-0.3, -0.25) is 4.79 Å². The lowest BCUT2D eigenvalue weighted by Crippen LogP contribution is -2.14. The summed E-state index contributed by atoms with van der Waals surface area (Å²) in [6.07, 6.45) is -3.30. The van der Waals surface area contributed by atoms with Crippen LogP contribution in [0, 0.1) is 11.3 Å². The van der Waals surface area contributed by atoms with Crippen molar-refractivity contribution in [1.82, 2.24) is 0 Å². The molecule has 26 heavy (non-hydrogen) atoms. The van der Waals surface area contributed by atoms with Crippen LogP contribution in [-0.4, -0.2) is 13.0 Å². The van der Waals surface area contributed by atoms with Gasteiger partial charge < -0.3 is 15.4 Å². The summed E-state index contributed by atoms with van der Waals surface area (Å²) in [7, 11) is 1.51. The first-order valence-electron chi connectivity index (χ1n) is 7.33. The molecular formula is C18H14F3N3O2. The van der Waals surface area contributed by atoms with E-state index in [1.807, 2.05) is 0 Å². The maximum absolute atomic E-state index is 12.5. The zero-order chi connectivity index (χ0) is 19.2. The van der Waals surface area contributed by atoms with Gasteiger partial charge in [0.05, 0.1) is 12.7 Å². The molecule has 1 amide bonds. The maximum Gasteiger partial charge on any atom is 0.416 e. The van der Waals surface area contributed by atoms with Gasteiger partial charge >= 0.3 is 6.18 Å². The smallest absolute Gasteiger partial charge is 0.416 e. The number of methoxy groups -OCH3 is 1. The van der Waals surface area contributed by atoms with Crippen molar-refractivity contribution in [2.24, 2.45) is 0 Å². The van der Waals surface area contributed by atoms with E-state index in [4.69, 9.17) is 10.00 Å². The largest absolute Gasteiger partial charge is 0.497 e. The molecule has 0 saturated heterocycles. The Morgan fingerprint density at radius 1 is 1.08 bits per heavy atom. The van der Waals surface area contributed by atoms with Crippen LogP contribution in [0.2, 0.25) is 0 Å². The van der Waals surface area contributed by atoms with Crippen molar-refractivity contribution in [2.75, 3.05) is 17.7 Å². The monoisotopic (exact) mass is 361 g/mol. The molecule has 0 saturated carbocycles. The maximum atomic E-state index is 12.5. The number of carbonyl (C=O) groups is 1. The summed E-state index contributed by atoms with van der Waals surface area (Å²) >= 11 is 0. The van der Waals surface area contributed by atoms with Crippen LogP contribution >= 0.6 is 0 Å². The number of nitrogens with zero attached hydrogens (tertiary/aromatic N) is 1. The van der Waals surface area contributed by atoms with Gasteiger partial charge in [-0.15, -0.1) is 0 Å². The van der Waals surface area contributed by atoms with Crippen molar-refractivity contribution in [1.29, 1.82) is 5.26 Å². The van der Waals surface area contributed by atoms with Gasteiger partial charge in [0.2, 0.25) is 0 Å². The van der Waals surface area contributed by atoms with Crippen LogP contribution in [-0.2, 0) is 11.0 Å². The van der Waals surface area contributed by atoms with Gasteiger partial charge in [0.25, 0.3) is 5.91 Å². The van der Waals surface area contributed by atoms with Crippen molar-refractivity contribution in [3.63, 3.8) is 0 Å². The van der Waals surface area contributed by atoms with Gasteiger partial charge in [-0.2, -0.15) is 18.4 Å². The third-order valence-electron chi connectivity index (χ3n) is 3.31. The third-order valence-corrected chi connectivity index (χ3v) is 3.31.